The number of benzene rings is 13. The van der Waals surface area contributed by atoms with Crippen molar-refractivity contribution in [2.24, 2.45) is 0 Å². The number of anilines is 6. The van der Waals surface area contributed by atoms with Crippen molar-refractivity contribution in [3.05, 3.63) is 267 Å². The van der Waals surface area contributed by atoms with Gasteiger partial charge in [0.05, 0.1) is 32.8 Å². The highest BCUT2D eigenvalue weighted by Crippen LogP contribution is 2.57. The quantitative estimate of drug-likeness (QED) is 0.161. The third kappa shape index (κ3) is 6.33. The molecule has 5 aromatic heterocycles. The van der Waals surface area contributed by atoms with Gasteiger partial charge in [0.1, 0.15) is 11.2 Å². The standard InChI is InChI=1S/C78H44BN3O2S2/c1-3-19-45(20-4-1)48-36-38-56-52-25-9-15-31-67(52)83-76(56)73(48)81-65-42-58-54-27-11-17-33-69(54)85-71(58)44-61(65)79-60-41-47(80-62-29-13-7-23-50(62)51-24-8-14-30-63(51)80)35-40-64(60)82(75-72(79)66(81)43-59-55-28-12-18-34-70(55)86-78(59)75)74-49(46-21-5-2-6-22-46)37-39-57-53-26-10-16-32-68(53)84-77(57)74/h1-44H. The van der Waals surface area contributed by atoms with E-state index in [4.69, 9.17) is 8.83 Å². The predicted molar refractivity (Wildman–Crippen MR) is 366 cm³/mol. The van der Waals surface area contributed by atoms with Crippen LogP contribution in [0.25, 0.3) is 134 Å². The van der Waals surface area contributed by atoms with Crippen LogP contribution in [0.4, 0.5) is 34.1 Å². The highest BCUT2D eigenvalue weighted by molar-refractivity contribution is 7.27. The fourth-order valence-corrected chi connectivity index (χ4v) is 17.3. The van der Waals surface area contributed by atoms with Crippen LogP contribution in [0, 0.1) is 0 Å². The number of hydrogen-bond donors (Lipinski definition) is 0. The topological polar surface area (TPSA) is 37.7 Å². The largest absolute Gasteiger partial charge is 0.454 e. The Balaban J connectivity index is 1.01. The normalized spacial score (nSPS) is 13.0. The van der Waals surface area contributed by atoms with Crippen LogP contribution < -0.4 is 26.2 Å². The average Bonchev–Trinajstić information content (AvgIpc) is 1.00. The minimum Gasteiger partial charge on any atom is -0.454 e. The number of furan rings is 2. The number of thiophene rings is 2. The highest BCUT2D eigenvalue weighted by Gasteiger charge is 2.47. The van der Waals surface area contributed by atoms with E-state index in [0.717, 1.165) is 106 Å². The van der Waals surface area contributed by atoms with Crippen molar-refractivity contribution in [3.63, 3.8) is 0 Å². The number of nitrogens with zero attached hydrogens (tertiary/aromatic N) is 3. The van der Waals surface area contributed by atoms with Gasteiger partial charge in [0.2, 0.25) is 0 Å². The molecule has 13 aromatic carbocycles. The van der Waals surface area contributed by atoms with Gasteiger partial charge in [-0.15, -0.1) is 22.7 Å². The molecule has 0 saturated carbocycles. The molecule has 7 heterocycles. The molecule has 0 saturated heterocycles. The Morgan fingerprint density at radius 3 is 1.44 bits per heavy atom. The SMILES string of the molecule is c1ccc(-c2ccc3c(oc4ccccc43)c2N2c3cc4c(cc3B3c5cc(-n6c7ccccc7c7ccccc76)ccc5N(c5c(-c6ccccc6)ccc6c5oc5ccccc56)c5c3c2cc2c5sc3ccccc32)sc2ccccc24)cc1. The van der Waals surface area contributed by atoms with E-state index < -0.39 is 0 Å². The van der Waals surface area contributed by atoms with Crippen molar-refractivity contribution in [1.29, 1.82) is 0 Å². The van der Waals surface area contributed by atoms with Crippen LogP contribution >= 0.6 is 22.7 Å². The maximum Gasteiger partial charge on any atom is 0.252 e. The second-order valence-electron chi connectivity index (χ2n) is 23.0. The summed E-state index contributed by atoms with van der Waals surface area (Å²) >= 11 is 3.77. The molecule has 0 aliphatic carbocycles. The van der Waals surface area contributed by atoms with Crippen molar-refractivity contribution in [2.75, 3.05) is 9.80 Å². The van der Waals surface area contributed by atoms with Crippen LogP contribution in [0.1, 0.15) is 0 Å². The molecule has 0 N–H and O–H groups in total. The second kappa shape index (κ2) is 17.5. The Labute approximate surface area is 500 Å². The van der Waals surface area contributed by atoms with E-state index in [1.54, 1.807) is 0 Å². The molecule has 2 aliphatic rings. The van der Waals surface area contributed by atoms with E-state index in [-0.39, 0.29) is 6.71 Å². The Bertz CT molecular complexity index is 5900. The second-order valence-corrected chi connectivity index (χ2v) is 25.1. The molecular weight excluding hydrogens is 1090 g/mol. The monoisotopic (exact) mass is 1130 g/mol. The Hall–Kier alpha value is -10.6. The first-order valence-electron chi connectivity index (χ1n) is 29.3. The summed E-state index contributed by atoms with van der Waals surface area (Å²) in [5, 5.41) is 11.7. The predicted octanol–water partition coefficient (Wildman–Crippen LogP) is 20.7. The lowest BCUT2D eigenvalue weighted by Gasteiger charge is -2.45. The summed E-state index contributed by atoms with van der Waals surface area (Å²) in [6, 6.07) is 98.7. The first kappa shape index (κ1) is 46.8. The maximum absolute atomic E-state index is 7.38. The molecule has 0 amide bonds. The van der Waals surface area contributed by atoms with Gasteiger partial charge in [0, 0.05) is 102 Å². The van der Waals surface area contributed by atoms with Crippen molar-refractivity contribution >= 4 is 186 Å². The number of fused-ring (bicyclic) bond motifs is 20. The van der Waals surface area contributed by atoms with Gasteiger partial charge < -0.3 is 23.2 Å². The molecule has 0 radical (unpaired) electrons. The Kier molecular flexibility index (Phi) is 9.51. The fraction of sp³-hybridized carbons (Fsp3) is 0. The van der Waals surface area contributed by atoms with Crippen LogP contribution in [0.15, 0.2) is 276 Å². The molecule has 5 nitrogen and oxygen atoms in total. The van der Waals surface area contributed by atoms with Gasteiger partial charge in [-0.25, -0.2) is 0 Å². The summed E-state index contributed by atoms with van der Waals surface area (Å²) in [6.07, 6.45) is 0. The van der Waals surface area contributed by atoms with Gasteiger partial charge in [-0.05, 0) is 112 Å². The van der Waals surface area contributed by atoms with E-state index in [1.165, 1.54) is 78.5 Å². The Morgan fingerprint density at radius 2 is 0.814 bits per heavy atom. The zero-order valence-electron chi connectivity index (χ0n) is 46.0. The van der Waals surface area contributed by atoms with Gasteiger partial charge in [-0.2, -0.15) is 0 Å². The van der Waals surface area contributed by atoms with E-state index in [1.807, 2.05) is 22.7 Å². The summed E-state index contributed by atoms with van der Waals surface area (Å²) in [6.45, 7) is -0.250. The smallest absolute Gasteiger partial charge is 0.252 e. The van der Waals surface area contributed by atoms with Crippen LogP contribution in [0.3, 0.4) is 0 Å². The maximum atomic E-state index is 7.38. The molecule has 0 fully saturated rings. The van der Waals surface area contributed by atoms with E-state index in [9.17, 15) is 0 Å². The summed E-state index contributed by atoms with van der Waals surface area (Å²) in [7, 11) is 0. The molecular formula is C78H44BN3O2S2. The highest BCUT2D eigenvalue weighted by atomic mass is 32.1. The van der Waals surface area contributed by atoms with Gasteiger partial charge in [0.15, 0.2) is 11.2 Å². The zero-order chi connectivity index (χ0) is 55.9. The van der Waals surface area contributed by atoms with Gasteiger partial charge >= 0.3 is 0 Å². The molecule has 398 valence electrons. The third-order valence-electron chi connectivity index (χ3n) is 18.6. The first-order valence-corrected chi connectivity index (χ1v) is 31.0. The summed E-state index contributed by atoms with van der Waals surface area (Å²) in [5.41, 5.74) is 21.4. The van der Waals surface area contributed by atoms with Crippen LogP contribution in [-0.4, -0.2) is 11.3 Å². The summed E-state index contributed by atoms with van der Waals surface area (Å²) < 4.78 is 22.2. The van der Waals surface area contributed by atoms with Gasteiger partial charge in [-0.3, -0.25) is 0 Å². The fourth-order valence-electron chi connectivity index (χ4n) is 14.9. The minimum atomic E-state index is -0.250. The third-order valence-corrected chi connectivity index (χ3v) is 20.9. The molecule has 0 spiro atoms. The molecule has 18 aromatic rings. The van der Waals surface area contributed by atoms with E-state index in [0.29, 0.717) is 0 Å². The summed E-state index contributed by atoms with van der Waals surface area (Å²) in [4.78, 5) is 5.25. The van der Waals surface area contributed by atoms with Crippen molar-refractivity contribution in [1.82, 2.24) is 4.57 Å². The van der Waals surface area contributed by atoms with E-state index in [2.05, 4.69) is 281 Å². The molecule has 0 bridgehead atoms. The first-order chi connectivity index (χ1) is 42.7. The molecule has 2 aliphatic heterocycles. The lowest BCUT2D eigenvalue weighted by molar-refractivity contribution is 0.669. The van der Waals surface area contributed by atoms with E-state index >= 15 is 0 Å². The number of hydrogen-bond acceptors (Lipinski definition) is 6. The number of para-hydroxylation sites is 4. The molecule has 0 unspecified atom stereocenters. The van der Waals surface area contributed by atoms with Gasteiger partial charge in [-0.1, -0.05) is 182 Å². The lowest BCUT2D eigenvalue weighted by Crippen LogP contribution is -2.61. The zero-order valence-corrected chi connectivity index (χ0v) is 47.6. The molecule has 0 atom stereocenters. The molecule has 8 heteroatoms. The number of aromatic nitrogens is 1. The summed E-state index contributed by atoms with van der Waals surface area (Å²) in [5.74, 6) is 0. The molecule has 86 heavy (non-hydrogen) atoms. The minimum absolute atomic E-state index is 0.250. The number of rotatable bonds is 5. The van der Waals surface area contributed by atoms with Crippen LogP contribution in [0.5, 0.6) is 0 Å². The van der Waals surface area contributed by atoms with Crippen molar-refractivity contribution in [2.45, 2.75) is 0 Å². The van der Waals surface area contributed by atoms with Crippen LogP contribution in [-0.2, 0) is 0 Å². The van der Waals surface area contributed by atoms with Crippen molar-refractivity contribution < 1.29 is 8.83 Å². The van der Waals surface area contributed by atoms with Crippen LogP contribution in [0.2, 0.25) is 0 Å². The van der Waals surface area contributed by atoms with Gasteiger partial charge in [0.25, 0.3) is 6.71 Å². The molecule has 20 rings (SSSR count). The van der Waals surface area contributed by atoms with Crippen molar-refractivity contribution in [3.8, 4) is 27.9 Å². The Morgan fingerprint density at radius 1 is 0.314 bits per heavy atom. The lowest BCUT2D eigenvalue weighted by atomic mass is 9.33. The average molecular weight is 1130 g/mol.